The fourth-order valence-electron chi connectivity index (χ4n) is 2.61. The second kappa shape index (κ2) is 6.02. The molecule has 0 aromatic heterocycles. The Kier molecular flexibility index (Phi) is 4.37. The van der Waals surface area contributed by atoms with Gasteiger partial charge in [-0.1, -0.05) is 6.07 Å². The summed E-state index contributed by atoms with van der Waals surface area (Å²) < 4.78 is 14.0. The Morgan fingerprint density at radius 3 is 2.68 bits per heavy atom. The Hall–Kier alpha value is -1.62. The SMILES string of the molecule is CNc1ccc(C2CCN(CC(=O)O)CC2)c(F)c1. The van der Waals surface area contributed by atoms with Crippen molar-refractivity contribution >= 4 is 11.7 Å². The molecule has 2 rings (SSSR count). The van der Waals surface area contributed by atoms with Gasteiger partial charge in [-0.15, -0.1) is 0 Å². The van der Waals surface area contributed by atoms with Crippen molar-refractivity contribution < 1.29 is 14.3 Å². The van der Waals surface area contributed by atoms with Crippen LogP contribution in [-0.4, -0.2) is 42.7 Å². The highest BCUT2D eigenvalue weighted by Gasteiger charge is 2.23. The first-order chi connectivity index (χ1) is 9.10. The minimum Gasteiger partial charge on any atom is -0.480 e. The second-order valence-corrected chi connectivity index (χ2v) is 4.93. The van der Waals surface area contributed by atoms with Crippen molar-refractivity contribution in [3.8, 4) is 0 Å². The van der Waals surface area contributed by atoms with Crippen molar-refractivity contribution in [1.29, 1.82) is 0 Å². The number of likely N-dealkylation sites (tertiary alicyclic amines) is 1. The van der Waals surface area contributed by atoms with Gasteiger partial charge in [-0.3, -0.25) is 9.69 Å². The molecule has 0 spiro atoms. The number of nitrogens with zero attached hydrogens (tertiary/aromatic N) is 1. The minimum atomic E-state index is -0.803. The number of rotatable bonds is 4. The summed E-state index contributed by atoms with van der Waals surface area (Å²) in [4.78, 5) is 12.5. The number of carbonyl (C=O) groups is 1. The normalized spacial score (nSPS) is 17.4. The Morgan fingerprint density at radius 1 is 1.47 bits per heavy atom. The molecule has 0 bridgehead atoms. The fraction of sp³-hybridized carbons (Fsp3) is 0.500. The Morgan fingerprint density at radius 2 is 2.16 bits per heavy atom. The van der Waals surface area contributed by atoms with E-state index in [1.54, 1.807) is 7.05 Å². The second-order valence-electron chi connectivity index (χ2n) is 4.93. The van der Waals surface area contributed by atoms with E-state index in [1.807, 2.05) is 17.0 Å². The maximum atomic E-state index is 14.0. The van der Waals surface area contributed by atoms with Crippen LogP contribution >= 0.6 is 0 Å². The van der Waals surface area contributed by atoms with Gasteiger partial charge in [0.2, 0.25) is 0 Å². The van der Waals surface area contributed by atoms with Crippen molar-refractivity contribution in [2.45, 2.75) is 18.8 Å². The molecule has 2 N–H and O–H groups in total. The van der Waals surface area contributed by atoms with Gasteiger partial charge >= 0.3 is 5.97 Å². The van der Waals surface area contributed by atoms with Gasteiger partial charge in [0, 0.05) is 12.7 Å². The third-order valence-electron chi connectivity index (χ3n) is 3.68. The highest BCUT2D eigenvalue weighted by molar-refractivity contribution is 5.69. The van der Waals surface area contributed by atoms with Crippen molar-refractivity contribution in [3.63, 3.8) is 0 Å². The molecule has 1 aromatic rings. The largest absolute Gasteiger partial charge is 0.480 e. The van der Waals surface area contributed by atoms with Crippen LogP contribution in [0.3, 0.4) is 0 Å². The van der Waals surface area contributed by atoms with E-state index in [0.29, 0.717) is 13.1 Å². The molecule has 0 saturated carbocycles. The topological polar surface area (TPSA) is 52.6 Å². The van der Waals surface area contributed by atoms with Gasteiger partial charge in [0.05, 0.1) is 6.54 Å². The monoisotopic (exact) mass is 266 g/mol. The number of piperidine rings is 1. The maximum Gasteiger partial charge on any atom is 0.317 e. The maximum absolute atomic E-state index is 14.0. The first-order valence-electron chi connectivity index (χ1n) is 6.51. The standard InChI is InChI=1S/C14H19FN2O2/c1-16-11-2-3-12(13(15)8-11)10-4-6-17(7-5-10)9-14(18)19/h2-3,8,10,16H,4-7,9H2,1H3,(H,18,19). The van der Waals surface area contributed by atoms with Crippen molar-refractivity contribution in [3.05, 3.63) is 29.6 Å². The molecular formula is C14H19FN2O2. The van der Waals surface area contributed by atoms with Gasteiger partial charge in [-0.25, -0.2) is 4.39 Å². The van der Waals surface area contributed by atoms with Crippen LogP contribution in [0.1, 0.15) is 24.3 Å². The Bertz CT molecular complexity index is 457. The Balaban J connectivity index is 1.99. The van der Waals surface area contributed by atoms with Crippen LogP contribution in [0.4, 0.5) is 10.1 Å². The highest BCUT2D eigenvalue weighted by Crippen LogP contribution is 2.30. The number of hydrogen-bond donors (Lipinski definition) is 2. The number of halogens is 1. The lowest BCUT2D eigenvalue weighted by Gasteiger charge is -2.31. The van der Waals surface area contributed by atoms with E-state index < -0.39 is 5.97 Å². The molecule has 1 saturated heterocycles. The molecule has 5 heteroatoms. The predicted octanol–water partition coefficient (Wildman–Crippen LogP) is 2.13. The lowest BCUT2D eigenvalue weighted by molar-refractivity contribution is -0.138. The summed E-state index contributed by atoms with van der Waals surface area (Å²) in [5, 5.41) is 11.7. The lowest BCUT2D eigenvalue weighted by Crippen LogP contribution is -2.36. The van der Waals surface area contributed by atoms with Gasteiger partial charge in [0.1, 0.15) is 5.82 Å². The van der Waals surface area contributed by atoms with E-state index in [0.717, 1.165) is 24.1 Å². The van der Waals surface area contributed by atoms with E-state index in [1.165, 1.54) is 6.07 Å². The minimum absolute atomic E-state index is 0.0773. The summed E-state index contributed by atoms with van der Waals surface area (Å²) in [5.41, 5.74) is 1.51. The summed E-state index contributed by atoms with van der Waals surface area (Å²) in [5.74, 6) is -0.789. The van der Waals surface area contributed by atoms with E-state index in [-0.39, 0.29) is 18.3 Å². The van der Waals surface area contributed by atoms with Crippen molar-refractivity contribution in [2.75, 3.05) is 32.0 Å². The summed E-state index contributed by atoms with van der Waals surface area (Å²) in [6.45, 7) is 1.50. The third kappa shape index (κ3) is 3.44. The summed E-state index contributed by atoms with van der Waals surface area (Å²) in [6, 6.07) is 5.22. The molecule has 0 aliphatic carbocycles. The van der Waals surface area contributed by atoms with E-state index in [2.05, 4.69) is 5.32 Å². The summed E-state index contributed by atoms with van der Waals surface area (Å²) in [7, 11) is 1.76. The van der Waals surface area contributed by atoms with Gasteiger partial charge in [0.25, 0.3) is 0 Å². The molecule has 0 unspecified atom stereocenters. The van der Waals surface area contributed by atoms with Crippen LogP contribution in [0.15, 0.2) is 18.2 Å². The molecule has 1 fully saturated rings. The first-order valence-corrected chi connectivity index (χ1v) is 6.51. The average molecular weight is 266 g/mol. The van der Waals surface area contributed by atoms with E-state index >= 15 is 0 Å². The molecule has 104 valence electrons. The lowest BCUT2D eigenvalue weighted by atomic mass is 9.89. The van der Waals surface area contributed by atoms with E-state index in [4.69, 9.17) is 5.11 Å². The molecule has 0 atom stereocenters. The number of aliphatic carboxylic acids is 1. The van der Waals surface area contributed by atoms with Crippen LogP contribution in [0.5, 0.6) is 0 Å². The molecule has 4 nitrogen and oxygen atoms in total. The molecule has 0 radical (unpaired) electrons. The molecule has 1 aromatic carbocycles. The van der Waals surface area contributed by atoms with Crippen LogP contribution in [0.25, 0.3) is 0 Å². The van der Waals surface area contributed by atoms with Gasteiger partial charge in [-0.05, 0) is 49.5 Å². The zero-order valence-corrected chi connectivity index (χ0v) is 11.0. The number of anilines is 1. The quantitative estimate of drug-likeness (QED) is 0.876. The zero-order chi connectivity index (χ0) is 13.8. The number of carboxylic acids is 1. The predicted molar refractivity (Wildman–Crippen MR) is 72.0 cm³/mol. The molecule has 0 amide bonds. The van der Waals surface area contributed by atoms with Crippen LogP contribution < -0.4 is 5.32 Å². The molecular weight excluding hydrogens is 247 g/mol. The van der Waals surface area contributed by atoms with Gasteiger partial charge in [-0.2, -0.15) is 0 Å². The summed E-state index contributed by atoms with van der Waals surface area (Å²) >= 11 is 0. The summed E-state index contributed by atoms with van der Waals surface area (Å²) in [6.07, 6.45) is 1.62. The van der Waals surface area contributed by atoms with E-state index in [9.17, 15) is 9.18 Å². The molecule has 1 aliphatic heterocycles. The highest BCUT2D eigenvalue weighted by atomic mass is 19.1. The van der Waals surface area contributed by atoms with Gasteiger partial charge < -0.3 is 10.4 Å². The van der Waals surface area contributed by atoms with Crippen molar-refractivity contribution in [2.24, 2.45) is 0 Å². The number of benzene rings is 1. The molecule has 1 heterocycles. The van der Waals surface area contributed by atoms with Gasteiger partial charge in [0.15, 0.2) is 0 Å². The van der Waals surface area contributed by atoms with Crippen molar-refractivity contribution in [1.82, 2.24) is 4.90 Å². The molecule has 19 heavy (non-hydrogen) atoms. The third-order valence-corrected chi connectivity index (χ3v) is 3.68. The Labute approximate surface area is 112 Å². The zero-order valence-electron chi connectivity index (χ0n) is 11.0. The fourth-order valence-corrected chi connectivity index (χ4v) is 2.61. The van der Waals surface area contributed by atoms with Crippen LogP contribution in [-0.2, 0) is 4.79 Å². The smallest absolute Gasteiger partial charge is 0.317 e. The molecule has 1 aliphatic rings. The number of nitrogens with one attached hydrogen (secondary N) is 1. The van der Waals surface area contributed by atoms with Crippen LogP contribution in [0.2, 0.25) is 0 Å². The number of carboxylic acid groups (broad SMARTS) is 1. The van der Waals surface area contributed by atoms with Crippen LogP contribution in [0, 0.1) is 5.82 Å². The first kappa shape index (κ1) is 13.8. The number of hydrogen-bond acceptors (Lipinski definition) is 3. The average Bonchev–Trinajstić information content (AvgIpc) is 2.39.